The summed E-state index contributed by atoms with van der Waals surface area (Å²) in [7, 11) is 1.65. The van der Waals surface area contributed by atoms with Crippen molar-refractivity contribution in [1.29, 1.82) is 0 Å². The van der Waals surface area contributed by atoms with Gasteiger partial charge in [0.2, 0.25) is 0 Å². The van der Waals surface area contributed by atoms with E-state index in [4.69, 9.17) is 9.57 Å². The van der Waals surface area contributed by atoms with E-state index in [9.17, 15) is 0 Å². The van der Waals surface area contributed by atoms with Gasteiger partial charge in [0, 0.05) is 12.5 Å². The average Bonchev–Trinajstić information content (AvgIpc) is 2.59. The molecule has 0 saturated carbocycles. The molecule has 1 atom stereocenters. The number of aryl methyl sites for hydroxylation is 1. The minimum atomic E-state index is 0.122. The Balaban J connectivity index is 2.25. The van der Waals surface area contributed by atoms with Crippen molar-refractivity contribution in [2.75, 3.05) is 20.3 Å². The summed E-state index contributed by atoms with van der Waals surface area (Å²) in [4.78, 5) is 9.54. The Morgan fingerprint density at radius 3 is 2.93 bits per heavy atom. The first-order valence-electron chi connectivity index (χ1n) is 4.52. The second-order valence-electron chi connectivity index (χ2n) is 2.97. The summed E-state index contributed by atoms with van der Waals surface area (Å²) in [5.41, 5.74) is 3.93. The van der Waals surface area contributed by atoms with Crippen LogP contribution in [0.3, 0.4) is 0 Å². The van der Waals surface area contributed by atoms with E-state index in [0.717, 1.165) is 10.7 Å². The highest BCUT2D eigenvalue weighted by Gasteiger charge is 2.07. The fourth-order valence-electron chi connectivity index (χ4n) is 0.948. The number of hydroxylamine groups is 1. The third-order valence-corrected chi connectivity index (χ3v) is 2.52. The molecule has 1 aromatic heterocycles. The van der Waals surface area contributed by atoms with Crippen LogP contribution in [0.1, 0.15) is 23.7 Å². The molecule has 1 unspecified atom stereocenters. The molecule has 1 heterocycles. The molecule has 1 N–H and O–H groups in total. The van der Waals surface area contributed by atoms with Crippen molar-refractivity contribution < 1.29 is 9.57 Å². The molecule has 0 aliphatic carbocycles. The summed E-state index contributed by atoms with van der Waals surface area (Å²) in [5.74, 6) is 0. The molecule has 0 bridgehead atoms. The lowest BCUT2D eigenvalue weighted by Crippen LogP contribution is -2.21. The molecule has 5 heteroatoms. The third kappa shape index (κ3) is 3.71. The Hall–Kier alpha value is -0.490. The van der Waals surface area contributed by atoms with E-state index in [2.05, 4.69) is 10.5 Å². The maximum atomic E-state index is 5.19. The summed E-state index contributed by atoms with van der Waals surface area (Å²) < 4.78 is 4.85. The number of thiazole rings is 1. The second-order valence-corrected chi connectivity index (χ2v) is 4.03. The summed E-state index contributed by atoms with van der Waals surface area (Å²) >= 11 is 1.65. The molecule has 0 aliphatic heterocycles. The van der Waals surface area contributed by atoms with Gasteiger partial charge in [0.1, 0.15) is 0 Å². The standard InChI is InChI=1S/C9H16N2O2S/c1-7(11-13-5-4-12-3)9-6-14-8(2)10-9/h6-7,11H,4-5H2,1-3H3. The number of rotatable bonds is 6. The van der Waals surface area contributed by atoms with Crippen LogP contribution in [0.5, 0.6) is 0 Å². The zero-order valence-electron chi connectivity index (χ0n) is 8.74. The second kappa shape index (κ2) is 6.08. The highest BCUT2D eigenvalue weighted by atomic mass is 32.1. The zero-order chi connectivity index (χ0) is 10.4. The number of hydrogen-bond acceptors (Lipinski definition) is 5. The largest absolute Gasteiger partial charge is 0.382 e. The highest BCUT2D eigenvalue weighted by Crippen LogP contribution is 2.15. The lowest BCUT2D eigenvalue weighted by molar-refractivity contribution is -0.00983. The molecule has 80 valence electrons. The van der Waals surface area contributed by atoms with Gasteiger partial charge in [0.05, 0.1) is 30.0 Å². The Bertz CT molecular complexity index is 265. The van der Waals surface area contributed by atoms with Crippen LogP contribution in [-0.2, 0) is 9.57 Å². The van der Waals surface area contributed by atoms with Gasteiger partial charge in [0.25, 0.3) is 0 Å². The molecular weight excluding hydrogens is 200 g/mol. The minimum absolute atomic E-state index is 0.122. The summed E-state index contributed by atoms with van der Waals surface area (Å²) in [6.45, 7) is 5.15. The quantitative estimate of drug-likeness (QED) is 0.580. The molecule has 0 aromatic carbocycles. The Morgan fingerprint density at radius 1 is 1.57 bits per heavy atom. The first-order valence-corrected chi connectivity index (χ1v) is 5.40. The van der Waals surface area contributed by atoms with E-state index in [-0.39, 0.29) is 6.04 Å². The van der Waals surface area contributed by atoms with E-state index < -0.39 is 0 Å². The number of methoxy groups -OCH3 is 1. The van der Waals surface area contributed by atoms with Gasteiger partial charge in [0.15, 0.2) is 0 Å². The first-order chi connectivity index (χ1) is 6.74. The molecule has 0 aliphatic rings. The molecule has 14 heavy (non-hydrogen) atoms. The molecule has 0 radical (unpaired) electrons. The van der Waals surface area contributed by atoms with Crippen molar-refractivity contribution in [3.63, 3.8) is 0 Å². The molecule has 4 nitrogen and oxygen atoms in total. The van der Waals surface area contributed by atoms with Gasteiger partial charge in [-0.15, -0.1) is 11.3 Å². The maximum absolute atomic E-state index is 5.19. The van der Waals surface area contributed by atoms with Crippen LogP contribution in [0.2, 0.25) is 0 Å². The Labute approximate surface area is 88.2 Å². The zero-order valence-corrected chi connectivity index (χ0v) is 9.56. The Morgan fingerprint density at radius 2 is 2.36 bits per heavy atom. The van der Waals surface area contributed by atoms with Crippen LogP contribution in [0, 0.1) is 6.92 Å². The number of aromatic nitrogens is 1. The van der Waals surface area contributed by atoms with Crippen molar-refractivity contribution in [3.05, 3.63) is 16.1 Å². The summed E-state index contributed by atoms with van der Waals surface area (Å²) in [5, 5.41) is 3.11. The van der Waals surface area contributed by atoms with Crippen LogP contribution >= 0.6 is 11.3 Å². The maximum Gasteiger partial charge on any atom is 0.0916 e. The van der Waals surface area contributed by atoms with Crippen LogP contribution in [0.4, 0.5) is 0 Å². The normalized spacial score (nSPS) is 13.1. The van der Waals surface area contributed by atoms with Gasteiger partial charge in [-0.05, 0) is 13.8 Å². The van der Waals surface area contributed by atoms with Gasteiger partial charge in [-0.2, -0.15) is 5.48 Å². The van der Waals surface area contributed by atoms with E-state index in [1.165, 1.54) is 0 Å². The van der Waals surface area contributed by atoms with Crippen LogP contribution in [0.15, 0.2) is 5.38 Å². The molecule has 0 fully saturated rings. The number of nitrogens with zero attached hydrogens (tertiary/aromatic N) is 1. The average molecular weight is 216 g/mol. The highest BCUT2D eigenvalue weighted by molar-refractivity contribution is 7.09. The fraction of sp³-hybridized carbons (Fsp3) is 0.667. The first kappa shape index (κ1) is 11.6. The molecule has 0 saturated heterocycles. The van der Waals surface area contributed by atoms with E-state index in [0.29, 0.717) is 13.2 Å². The fourth-order valence-corrected chi connectivity index (χ4v) is 1.65. The topological polar surface area (TPSA) is 43.4 Å². The monoisotopic (exact) mass is 216 g/mol. The molecule has 1 rings (SSSR count). The van der Waals surface area contributed by atoms with Crippen molar-refractivity contribution in [2.24, 2.45) is 0 Å². The number of ether oxygens (including phenoxy) is 1. The van der Waals surface area contributed by atoms with E-state index in [1.54, 1.807) is 18.4 Å². The van der Waals surface area contributed by atoms with Gasteiger partial charge >= 0.3 is 0 Å². The minimum Gasteiger partial charge on any atom is -0.382 e. The van der Waals surface area contributed by atoms with Crippen molar-refractivity contribution in [2.45, 2.75) is 19.9 Å². The third-order valence-electron chi connectivity index (χ3n) is 1.73. The van der Waals surface area contributed by atoms with Gasteiger partial charge in [-0.1, -0.05) is 0 Å². The SMILES string of the molecule is COCCONC(C)c1csc(C)n1. The number of hydrogen-bond donors (Lipinski definition) is 1. The van der Waals surface area contributed by atoms with Gasteiger partial charge < -0.3 is 4.74 Å². The van der Waals surface area contributed by atoms with Crippen molar-refractivity contribution >= 4 is 11.3 Å². The van der Waals surface area contributed by atoms with Crippen molar-refractivity contribution in [3.8, 4) is 0 Å². The van der Waals surface area contributed by atoms with Crippen LogP contribution in [0.25, 0.3) is 0 Å². The predicted octanol–water partition coefficient (Wildman–Crippen LogP) is 1.68. The van der Waals surface area contributed by atoms with Gasteiger partial charge in [-0.25, -0.2) is 4.98 Å². The van der Waals surface area contributed by atoms with Crippen LogP contribution < -0.4 is 5.48 Å². The summed E-state index contributed by atoms with van der Waals surface area (Å²) in [6.07, 6.45) is 0. The van der Waals surface area contributed by atoms with Crippen LogP contribution in [-0.4, -0.2) is 25.3 Å². The lowest BCUT2D eigenvalue weighted by Gasteiger charge is -2.10. The molecule has 1 aromatic rings. The lowest BCUT2D eigenvalue weighted by atomic mass is 10.3. The van der Waals surface area contributed by atoms with Crippen molar-refractivity contribution in [1.82, 2.24) is 10.5 Å². The molecule has 0 spiro atoms. The van der Waals surface area contributed by atoms with E-state index >= 15 is 0 Å². The van der Waals surface area contributed by atoms with E-state index in [1.807, 2.05) is 19.2 Å². The molecular formula is C9H16N2O2S. The summed E-state index contributed by atoms with van der Waals surface area (Å²) in [6, 6.07) is 0.122. The molecule has 0 amide bonds. The predicted molar refractivity (Wildman–Crippen MR) is 56.2 cm³/mol. The number of nitrogens with one attached hydrogen (secondary N) is 1. The Kier molecular flexibility index (Phi) is 5.03. The van der Waals surface area contributed by atoms with Gasteiger partial charge in [-0.3, -0.25) is 4.84 Å². The smallest absolute Gasteiger partial charge is 0.0916 e.